The Bertz CT molecular complexity index is 1420. The van der Waals surface area contributed by atoms with Crippen molar-refractivity contribution in [1.29, 1.82) is 0 Å². The van der Waals surface area contributed by atoms with Gasteiger partial charge in [0.2, 0.25) is 5.91 Å². The van der Waals surface area contributed by atoms with Crippen LogP contribution in [0.15, 0.2) is 30.3 Å². The fourth-order valence-corrected chi connectivity index (χ4v) is 3.89. The average molecular weight is 513 g/mol. The van der Waals surface area contributed by atoms with E-state index in [0.29, 0.717) is 17.3 Å². The summed E-state index contributed by atoms with van der Waals surface area (Å²) < 4.78 is 69.2. The van der Waals surface area contributed by atoms with E-state index in [-0.39, 0.29) is 34.1 Å². The van der Waals surface area contributed by atoms with Crippen LogP contribution in [0, 0.1) is 19.7 Å². The standard InChI is InChI=1S/C22H18ClF5N6O/c1-10-5-17(32-33(10)8-12-3-4-13(24)6-15(12)23)30-18(35)9-34-22-19(11(2)31-34)14(20(25)26)7-16(29-22)21(27)28/h3-7,20-21H,8-9H2,1-2H3,(H,30,32,35). The van der Waals surface area contributed by atoms with Gasteiger partial charge in [-0.3, -0.25) is 9.48 Å². The van der Waals surface area contributed by atoms with Crippen molar-refractivity contribution in [3.63, 3.8) is 0 Å². The highest BCUT2D eigenvalue weighted by Gasteiger charge is 2.24. The number of fused-ring (bicyclic) bond motifs is 1. The van der Waals surface area contributed by atoms with Gasteiger partial charge in [0.15, 0.2) is 11.5 Å². The van der Waals surface area contributed by atoms with Crippen LogP contribution in [0.3, 0.4) is 0 Å². The van der Waals surface area contributed by atoms with E-state index in [1.807, 2.05) is 0 Å². The number of carbonyl (C=O) groups is 1. The van der Waals surface area contributed by atoms with E-state index in [1.165, 1.54) is 25.1 Å². The molecule has 0 aliphatic rings. The molecular formula is C22H18ClF5N6O. The summed E-state index contributed by atoms with van der Waals surface area (Å²) in [7, 11) is 0. The van der Waals surface area contributed by atoms with E-state index in [1.54, 1.807) is 17.7 Å². The minimum atomic E-state index is -3.07. The number of carbonyl (C=O) groups excluding carboxylic acids is 1. The van der Waals surface area contributed by atoms with Crippen molar-refractivity contribution in [1.82, 2.24) is 24.5 Å². The fourth-order valence-electron chi connectivity index (χ4n) is 3.66. The van der Waals surface area contributed by atoms with E-state index in [0.717, 1.165) is 4.68 Å². The number of hydrogen-bond donors (Lipinski definition) is 1. The Morgan fingerprint density at radius 2 is 1.80 bits per heavy atom. The second-order valence-corrected chi connectivity index (χ2v) is 8.20. The molecule has 1 amide bonds. The summed E-state index contributed by atoms with van der Waals surface area (Å²) in [6.07, 6.45) is -6.10. The molecule has 4 aromatic rings. The normalized spacial score (nSPS) is 11.7. The Morgan fingerprint density at radius 1 is 1.06 bits per heavy atom. The lowest BCUT2D eigenvalue weighted by molar-refractivity contribution is -0.116. The van der Waals surface area contributed by atoms with Gasteiger partial charge in [-0.1, -0.05) is 17.7 Å². The minimum Gasteiger partial charge on any atom is -0.308 e. The van der Waals surface area contributed by atoms with Crippen LogP contribution in [0.5, 0.6) is 0 Å². The van der Waals surface area contributed by atoms with Gasteiger partial charge in [-0.15, -0.1) is 0 Å². The number of nitrogens with one attached hydrogen (secondary N) is 1. The zero-order valence-electron chi connectivity index (χ0n) is 18.4. The quantitative estimate of drug-likeness (QED) is 0.327. The Balaban J connectivity index is 1.56. The maximum Gasteiger partial charge on any atom is 0.280 e. The monoisotopic (exact) mass is 512 g/mol. The zero-order valence-corrected chi connectivity index (χ0v) is 19.1. The maximum atomic E-state index is 13.5. The fraction of sp³-hybridized carbons (Fsp3) is 0.273. The molecule has 0 spiro atoms. The van der Waals surface area contributed by atoms with Gasteiger partial charge in [-0.05, 0) is 37.6 Å². The van der Waals surface area contributed by atoms with Gasteiger partial charge in [0.05, 0.1) is 17.6 Å². The number of alkyl halides is 4. The van der Waals surface area contributed by atoms with E-state index >= 15 is 0 Å². The molecule has 0 aliphatic heterocycles. The number of halogens is 6. The molecule has 3 heterocycles. The first kappa shape index (κ1) is 24.6. The van der Waals surface area contributed by atoms with Gasteiger partial charge in [-0.2, -0.15) is 10.2 Å². The molecule has 0 bridgehead atoms. The third-order valence-electron chi connectivity index (χ3n) is 5.26. The molecule has 0 radical (unpaired) electrons. The molecule has 7 nitrogen and oxygen atoms in total. The number of rotatable bonds is 7. The summed E-state index contributed by atoms with van der Waals surface area (Å²) in [5.41, 5.74) is -0.269. The molecule has 1 N–H and O–H groups in total. The van der Waals surface area contributed by atoms with Crippen molar-refractivity contribution in [3.05, 3.63) is 69.4 Å². The predicted octanol–water partition coefficient (Wildman–Crippen LogP) is 5.60. The number of benzene rings is 1. The van der Waals surface area contributed by atoms with Crippen LogP contribution in [0.2, 0.25) is 5.02 Å². The molecule has 1 aromatic carbocycles. The molecule has 0 saturated carbocycles. The number of nitrogens with zero attached hydrogens (tertiary/aromatic N) is 5. The van der Waals surface area contributed by atoms with Crippen molar-refractivity contribution >= 4 is 34.4 Å². The van der Waals surface area contributed by atoms with Crippen LogP contribution in [-0.4, -0.2) is 30.5 Å². The summed E-state index contributed by atoms with van der Waals surface area (Å²) in [6, 6.07) is 6.22. The lowest BCUT2D eigenvalue weighted by Crippen LogP contribution is -2.20. The second-order valence-electron chi connectivity index (χ2n) is 7.79. The Labute approximate surface area is 200 Å². The number of aromatic nitrogens is 5. The van der Waals surface area contributed by atoms with Crippen LogP contribution in [-0.2, 0) is 17.9 Å². The highest BCUT2D eigenvalue weighted by atomic mass is 35.5. The minimum absolute atomic E-state index is 0.0755. The third kappa shape index (κ3) is 5.11. The van der Waals surface area contributed by atoms with E-state index in [2.05, 4.69) is 20.5 Å². The summed E-state index contributed by atoms with van der Waals surface area (Å²) in [5.74, 6) is -0.906. The van der Waals surface area contributed by atoms with E-state index < -0.39 is 42.4 Å². The van der Waals surface area contributed by atoms with E-state index in [4.69, 9.17) is 11.6 Å². The molecule has 184 valence electrons. The first-order valence-corrected chi connectivity index (χ1v) is 10.6. The van der Waals surface area contributed by atoms with Crippen LogP contribution < -0.4 is 5.32 Å². The largest absolute Gasteiger partial charge is 0.308 e. The molecule has 0 aliphatic carbocycles. The number of anilines is 1. The molecule has 0 atom stereocenters. The highest BCUT2D eigenvalue weighted by molar-refractivity contribution is 6.31. The average Bonchev–Trinajstić information content (AvgIpc) is 3.27. The van der Waals surface area contributed by atoms with Gasteiger partial charge in [0.25, 0.3) is 12.9 Å². The Kier molecular flexibility index (Phi) is 6.75. The molecule has 3 aromatic heterocycles. The summed E-state index contributed by atoms with van der Waals surface area (Å²) >= 11 is 6.06. The molecule has 0 unspecified atom stereocenters. The summed E-state index contributed by atoms with van der Waals surface area (Å²) in [4.78, 5) is 16.4. The van der Waals surface area contributed by atoms with Crippen LogP contribution in [0.4, 0.5) is 27.8 Å². The van der Waals surface area contributed by atoms with Crippen LogP contribution >= 0.6 is 11.6 Å². The molecule has 0 saturated heterocycles. The lowest BCUT2D eigenvalue weighted by Gasteiger charge is -2.08. The number of aryl methyl sites for hydroxylation is 2. The van der Waals surface area contributed by atoms with Gasteiger partial charge in [-0.25, -0.2) is 31.6 Å². The SMILES string of the molecule is Cc1nn(CC(=O)Nc2cc(C)n(Cc3ccc(F)cc3Cl)n2)c2nc(C(F)F)cc(C(F)F)c12. The molecule has 4 rings (SSSR count). The number of hydrogen-bond acceptors (Lipinski definition) is 4. The van der Waals surface area contributed by atoms with Gasteiger partial charge >= 0.3 is 0 Å². The van der Waals surface area contributed by atoms with Crippen molar-refractivity contribution in [3.8, 4) is 0 Å². The van der Waals surface area contributed by atoms with Crippen LogP contribution in [0.1, 0.15) is 41.1 Å². The Hall–Kier alpha value is -3.54. The topological polar surface area (TPSA) is 77.6 Å². The lowest BCUT2D eigenvalue weighted by atomic mass is 10.1. The van der Waals surface area contributed by atoms with Crippen LogP contribution in [0.25, 0.3) is 11.0 Å². The van der Waals surface area contributed by atoms with Crippen molar-refractivity contribution < 1.29 is 26.7 Å². The number of amides is 1. The molecular weight excluding hydrogens is 495 g/mol. The zero-order chi connectivity index (χ0) is 25.4. The smallest absolute Gasteiger partial charge is 0.280 e. The van der Waals surface area contributed by atoms with Crippen molar-refractivity contribution in [2.45, 2.75) is 39.8 Å². The van der Waals surface area contributed by atoms with Crippen molar-refractivity contribution in [2.75, 3.05) is 5.32 Å². The van der Waals surface area contributed by atoms with Gasteiger partial charge in [0, 0.05) is 22.3 Å². The first-order chi connectivity index (χ1) is 16.5. The highest BCUT2D eigenvalue weighted by Crippen LogP contribution is 2.32. The third-order valence-corrected chi connectivity index (χ3v) is 5.62. The number of pyridine rings is 1. The second kappa shape index (κ2) is 9.61. The molecule has 35 heavy (non-hydrogen) atoms. The maximum absolute atomic E-state index is 13.5. The molecule has 0 fully saturated rings. The first-order valence-electron chi connectivity index (χ1n) is 10.3. The molecule has 13 heteroatoms. The van der Waals surface area contributed by atoms with Gasteiger partial charge < -0.3 is 5.32 Å². The van der Waals surface area contributed by atoms with Gasteiger partial charge in [0.1, 0.15) is 18.1 Å². The van der Waals surface area contributed by atoms with Crippen molar-refractivity contribution in [2.24, 2.45) is 0 Å². The van der Waals surface area contributed by atoms with E-state index in [9.17, 15) is 26.7 Å². The predicted molar refractivity (Wildman–Crippen MR) is 118 cm³/mol. The summed E-state index contributed by atoms with van der Waals surface area (Å²) in [5, 5.41) is 11.0. The Morgan fingerprint density at radius 3 is 2.46 bits per heavy atom. The summed E-state index contributed by atoms with van der Waals surface area (Å²) in [6.45, 7) is 2.92.